The molecule has 1 aliphatic rings. The molecular formula is C26H14N4O. The molecule has 6 aromatic rings. The van der Waals surface area contributed by atoms with Crippen LogP contribution in [0.3, 0.4) is 0 Å². The van der Waals surface area contributed by atoms with Gasteiger partial charge in [-0.05, 0) is 41.8 Å². The number of pyridine rings is 3. The maximum atomic E-state index is 13.4. The number of aromatic nitrogens is 4. The number of fused-ring (bicyclic) bond motifs is 5. The molecule has 0 N–H and O–H groups in total. The lowest BCUT2D eigenvalue weighted by molar-refractivity contribution is 0.103. The van der Waals surface area contributed by atoms with Gasteiger partial charge in [0, 0.05) is 34.1 Å². The summed E-state index contributed by atoms with van der Waals surface area (Å²) in [5.41, 5.74) is 4.44. The fourth-order valence-electron chi connectivity index (χ4n) is 4.73. The van der Waals surface area contributed by atoms with Gasteiger partial charge in [-0.15, -0.1) is 0 Å². The molecule has 4 heterocycles. The van der Waals surface area contributed by atoms with E-state index in [1.54, 1.807) is 12.4 Å². The number of carbonyl (C=O) groups is 1. The van der Waals surface area contributed by atoms with E-state index in [1.807, 2.05) is 48.5 Å². The molecule has 0 atom stereocenters. The van der Waals surface area contributed by atoms with Gasteiger partial charge in [0.15, 0.2) is 0 Å². The summed E-state index contributed by atoms with van der Waals surface area (Å²) in [4.78, 5) is 27.2. The summed E-state index contributed by atoms with van der Waals surface area (Å²) in [6, 6.07) is 24.2. The number of ketones is 1. The summed E-state index contributed by atoms with van der Waals surface area (Å²) in [5, 5.41) is 4.04. The Morgan fingerprint density at radius 2 is 1.39 bits per heavy atom. The lowest BCUT2D eigenvalue weighted by Crippen LogP contribution is -2.16. The van der Waals surface area contributed by atoms with Gasteiger partial charge in [-0.25, -0.2) is 4.98 Å². The highest BCUT2D eigenvalue weighted by Crippen LogP contribution is 2.38. The Kier molecular flexibility index (Phi) is 3.09. The number of hydrogen-bond acceptors (Lipinski definition) is 4. The van der Waals surface area contributed by atoms with Gasteiger partial charge in [0.2, 0.25) is 5.78 Å². The van der Waals surface area contributed by atoms with Crippen LogP contribution in [0.1, 0.15) is 16.2 Å². The van der Waals surface area contributed by atoms with Crippen LogP contribution in [0.4, 0.5) is 0 Å². The molecule has 0 amide bonds. The zero-order chi connectivity index (χ0) is 20.5. The van der Waals surface area contributed by atoms with Gasteiger partial charge >= 0.3 is 0 Å². The van der Waals surface area contributed by atoms with Crippen LogP contribution in [0.15, 0.2) is 85.2 Å². The first-order chi connectivity index (χ1) is 15.3. The second kappa shape index (κ2) is 5.83. The Hall–Kier alpha value is -4.38. The summed E-state index contributed by atoms with van der Waals surface area (Å²) in [7, 11) is 0. The number of benzene rings is 2. The van der Waals surface area contributed by atoms with Crippen molar-refractivity contribution in [1.29, 1.82) is 0 Å². The second-order valence-electron chi connectivity index (χ2n) is 7.69. The summed E-state index contributed by atoms with van der Waals surface area (Å²) in [6.45, 7) is 0. The maximum absolute atomic E-state index is 13.4. The predicted octanol–water partition coefficient (Wildman–Crippen LogP) is 5.33. The van der Waals surface area contributed by atoms with Crippen LogP contribution in [0, 0.1) is 0 Å². The summed E-state index contributed by atoms with van der Waals surface area (Å²) >= 11 is 0. The third-order valence-corrected chi connectivity index (χ3v) is 6.03. The molecule has 0 bridgehead atoms. The summed E-state index contributed by atoms with van der Waals surface area (Å²) in [5.74, 6) is 0.550. The number of hydrogen-bond donors (Lipinski definition) is 0. The molecule has 5 heteroatoms. The molecule has 0 aliphatic heterocycles. The molecular weight excluding hydrogens is 384 g/mol. The third kappa shape index (κ3) is 2.09. The zero-order valence-electron chi connectivity index (χ0n) is 16.3. The van der Waals surface area contributed by atoms with Crippen LogP contribution < -0.4 is 0 Å². The highest BCUT2D eigenvalue weighted by atomic mass is 16.1. The van der Waals surface area contributed by atoms with Crippen molar-refractivity contribution in [3.63, 3.8) is 0 Å². The standard InChI is InChI=1S/C26H14N4O/c31-26-24-18(8-5-12-27-24)23-22-15(11-13-28-23)14-21(29-25(22)26)30-19-9-3-1-6-16(19)17-7-2-4-10-20(17)30/h1-14H. The van der Waals surface area contributed by atoms with E-state index in [0.717, 1.165) is 43.8 Å². The van der Waals surface area contributed by atoms with E-state index in [4.69, 9.17) is 4.98 Å². The van der Waals surface area contributed by atoms with Crippen LogP contribution in [-0.4, -0.2) is 25.3 Å². The third-order valence-electron chi connectivity index (χ3n) is 6.03. The minimum Gasteiger partial charge on any atom is -0.294 e. The highest BCUT2D eigenvalue weighted by molar-refractivity contribution is 6.23. The van der Waals surface area contributed by atoms with Crippen molar-refractivity contribution in [3.8, 4) is 17.1 Å². The Bertz CT molecular complexity index is 1660. The molecule has 2 aromatic carbocycles. The fraction of sp³-hybridized carbons (Fsp3) is 0. The first-order valence-electron chi connectivity index (χ1n) is 10.1. The molecule has 5 nitrogen and oxygen atoms in total. The van der Waals surface area contributed by atoms with E-state index in [9.17, 15) is 4.79 Å². The largest absolute Gasteiger partial charge is 0.294 e. The molecule has 144 valence electrons. The normalized spacial score (nSPS) is 12.6. The monoisotopic (exact) mass is 398 g/mol. The molecule has 4 aromatic heterocycles. The lowest BCUT2D eigenvalue weighted by atomic mass is 9.92. The Morgan fingerprint density at radius 3 is 2.16 bits per heavy atom. The van der Waals surface area contributed by atoms with Crippen LogP contribution in [0.2, 0.25) is 0 Å². The van der Waals surface area contributed by atoms with E-state index in [2.05, 4.69) is 38.8 Å². The number of rotatable bonds is 1. The fourth-order valence-corrected chi connectivity index (χ4v) is 4.73. The minimum atomic E-state index is -0.163. The summed E-state index contributed by atoms with van der Waals surface area (Å²) in [6.07, 6.45) is 3.42. The Labute approximate surface area is 176 Å². The van der Waals surface area contributed by atoms with E-state index in [0.29, 0.717) is 17.2 Å². The van der Waals surface area contributed by atoms with Gasteiger partial charge in [0.1, 0.15) is 17.2 Å². The zero-order valence-corrected chi connectivity index (χ0v) is 16.3. The molecule has 0 spiro atoms. The van der Waals surface area contributed by atoms with Crippen molar-refractivity contribution in [2.45, 2.75) is 0 Å². The molecule has 0 radical (unpaired) electrons. The Balaban J connectivity index is 1.63. The molecule has 7 rings (SSSR count). The average molecular weight is 398 g/mol. The highest BCUT2D eigenvalue weighted by Gasteiger charge is 2.29. The van der Waals surface area contributed by atoms with Gasteiger partial charge in [-0.1, -0.05) is 36.4 Å². The molecule has 1 aliphatic carbocycles. The van der Waals surface area contributed by atoms with Crippen LogP contribution >= 0.6 is 0 Å². The van der Waals surface area contributed by atoms with Crippen LogP contribution in [0.25, 0.3) is 49.7 Å². The molecule has 0 fully saturated rings. The van der Waals surface area contributed by atoms with E-state index in [1.165, 1.54) is 0 Å². The second-order valence-corrected chi connectivity index (χ2v) is 7.69. The number of carbonyl (C=O) groups excluding carboxylic acids is 1. The van der Waals surface area contributed by atoms with Crippen molar-refractivity contribution >= 4 is 38.4 Å². The SMILES string of the molecule is O=C1c2ncccc2-c2nccc3cc(-n4c5ccccc5c5ccccc54)nc1c23. The van der Waals surface area contributed by atoms with Crippen molar-refractivity contribution in [2.75, 3.05) is 0 Å². The predicted molar refractivity (Wildman–Crippen MR) is 121 cm³/mol. The Morgan fingerprint density at radius 1 is 0.677 bits per heavy atom. The van der Waals surface area contributed by atoms with Crippen LogP contribution in [-0.2, 0) is 0 Å². The average Bonchev–Trinajstić information content (AvgIpc) is 3.16. The van der Waals surface area contributed by atoms with E-state index >= 15 is 0 Å². The van der Waals surface area contributed by atoms with Gasteiger partial charge in [-0.2, -0.15) is 0 Å². The van der Waals surface area contributed by atoms with E-state index in [-0.39, 0.29) is 5.78 Å². The molecule has 31 heavy (non-hydrogen) atoms. The topological polar surface area (TPSA) is 60.7 Å². The number of para-hydroxylation sites is 2. The molecule has 0 unspecified atom stereocenters. The quantitative estimate of drug-likeness (QED) is 0.375. The van der Waals surface area contributed by atoms with Gasteiger partial charge in [-0.3, -0.25) is 19.3 Å². The smallest absolute Gasteiger partial charge is 0.231 e. The van der Waals surface area contributed by atoms with Gasteiger partial charge in [0.25, 0.3) is 0 Å². The number of nitrogens with zero attached hydrogens (tertiary/aromatic N) is 4. The van der Waals surface area contributed by atoms with Gasteiger partial charge < -0.3 is 0 Å². The van der Waals surface area contributed by atoms with E-state index < -0.39 is 0 Å². The van der Waals surface area contributed by atoms with Crippen molar-refractivity contribution in [3.05, 3.63) is 96.6 Å². The lowest BCUT2D eigenvalue weighted by Gasteiger charge is -2.18. The first-order valence-corrected chi connectivity index (χ1v) is 10.1. The summed E-state index contributed by atoms with van der Waals surface area (Å²) < 4.78 is 2.13. The van der Waals surface area contributed by atoms with Crippen LogP contribution in [0.5, 0.6) is 0 Å². The van der Waals surface area contributed by atoms with Crippen molar-refractivity contribution in [1.82, 2.24) is 19.5 Å². The van der Waals surface area contributed by atoms with Gasteiger partial charge in [0.05, 0.1) is 16.7 Å². The minimum absolute atomic E-state index is 0.163. The van der Waals surface area contributed by atoms with Crippen molar-refractivity contribution < 1.29 is 4.79 Å². The maximum Gasteiger partial charge on any atom is 0.231 e. The molecule has 0 saturated carbocycles. The molecule has 0 saturated heterocycles. The van der Waals surface area contributed by atoms with Crippen molar-refractivity contribution in [2.24, 2.45) is 0 Å². The first kappa shape index (κ1) is 16.4.